The molecule has 66 heavy (non-hydrogen) atoms. The standard InChI is InChI=1S/2C19H20ClI3N2O8/c1-7(26)31-6-10(28)25-16-14(22)11(17(20)29)13(21)12(15(16)23)18(30)24-4-8(27)9-5-32-19(2,3)33-9;1-7(27)31-6-10(28)25-16-14(22)11(17(20)29)13(21)12(15(16)23)18(30)24-4-8-9(5-26)33-19(2,3)32-8/h8-9,27H,4-6H2,1-3H3,(H,24,30)(H,25,28);8-9,26H,4-6H2,1-3H3,(H,24,30)(H,25,28). The number of esters is 2. The molecule has 0 aromatic heterocycles. The van der Waals surface area contributed by atoms with E-state index < -0.39 is 95.3 Å². The zero-order valence-electron chi connectivity index (χ0n) is 35.2. The van der Waals surface area contributed by atoms with Crippen LogP contribution in [0.25, 0.3) is 0 Å². The fraction of sp³-hybridized carbons (Fsp3) is 0.474. The Hall–Kier alpha value is -0.680. The Labute approximate surface area is 469 Å². The smallest absolute Gasteiger partial charge is 0.303 e. The number of amides is 4. The molecule has 4 unspecified atom stereocenters. The van der Waals surface area contributed by atoms with Crippen molar-refractivity contribution in [2.75, 3.05) is 50.2 Å². The van der Waals surface area contributed by atoms with Crippen LogP contribution < -0.4 is 21.3 Å². The largest absolute Gasteiger partial charge is 0.456 e. The molecule has 2 aromatic rings. The molecule has 0 aliphatic carbocycles. The summed E-state index contributed by atoms with van der Waals surface area (Å²) in [5.74, 6) is -5.43. The van der Waals surface area contributed by atoms with Crippen molar-refractivity contribution in [1.82, 2.24) is 10.6 Å². The number of hydrogen-bond acceptors (Lipinski definition) is 16. The van der Waals surface area contributed by atoms with Gasteiger partial charge in [-0.05, 0) is 186 Å². The van der Waals surface area contributed by atoms with Crippen molar-refractivity contribution in [1.29, 1.82) is 0 Å². The van der Waals surface area contributed by atoms with Gasteiger partial charge in [0.1, 0.15) is 18.3 Å². The summed E-state index contributed by atoms with van der Waals surface area (Å²) < 4.78 is 33.7. The second-order valence-corrected chi connectivity index (χ2v) is 21.7. The topological polar surface area (TPSA) is 281 Å². The summed E-state index contributed by atoms with van der Waals surface area (Å²) in [5.41, 5.74) is 0.694. The van der Waals surface area contributed by atoms with Crippen LogP contribution in [0.1, 0.15) is 83.0 Å². The van der Waals surface area contributed by atoms with Gasteiger partial charge in [0, 0.05) is 34.1 Å². The molecule has 2 aliphatic heterocycles. The lowest BCUT2D eigenvalue weighted by Gasteiger charge is -2.21. The Bertz CT molecular complexity index is 2290. The van der Waals surface area contributed by atoms with E-state index in [4.69, 9.17) is 46.9 Å². The lowest BCUT2D eigenvalue weighted by Crippen LogP contribution is -2.41. The molecule has 364 valence electrons. The van der Waals surface area contributed by atoms with E-state index >= 15 is 0 Å². The molecular formula is C38H40Cl2I6N4O16. The van der Waals surface area contributed by atoms with Gasteiger partial charge in [-0.2, -0.15) is 0 Å². The van der Waals surface area contributed by atoms with Crippen molar-refractivity contribution >= 4 is 216 Å². The van der Waals surface area contributed by atoms with Gasteiger partial charge in [0.15, 0.2) is 24.8 Å². The van der Waals surface area contributed by atoms with Crippen molar-refractivity contribution in [3.8, 4) is 0 Å². The molecule has 2 fully saturated rings. The summed E-state index contributed by atoms with van der Waals surface area (Å²) in [4.78, 5) is 96.7. The number of nitrogens with one attached hydrogen (secondary N) is 4. The first-order chi connectivity index (χ1) is 30.5. The minimum atomic E-state index is -1.04. The van der Waals surface area contributed by atoms with Crippen LogP contribution in [0.2, 0.25) is 0 Å². The predicted molar refractivity (Wildman–Crippen MR) is 287 cm³/mol. The van der Waals surface area contributed by atoms with Gasteiger partial charge in [-0.1, -0.05) is 0 Å². The van der Waals surface area contributed by atoms with E-state index in [1.807, 2.05) is 136 Å². The fourth-order valence-electron chi connectivity index (χ4n) is 5.82. The number of halogens is 8. The molecule has 2 saturated heterocycles. The Morgan fingerprint density at radius 2 is 1.06 bits per heavy atom. The molecule has 4 amide bonds. The fourth-order valence-corrected chi connectivity index (χ4v) is 15.7. The Morgan fingerprint density at radius 3 is 1.44 bits per heavy atom. The van der Waals surface area contributed by atoms with Crippen LogP contribution in [0.3, 0.4) is 0 Å². The molecule has 20 nitrogen and oxygen atoms in total. The van der Waals surface area contributed by atoms with Crippen LogP contribution in [0.15, 0.2) is 0 Å². The molecule has 0 bridgehead atoms. The first kappa shape index (κ1) is 59.6. The number of aliphatic hydroxyl groups excluding tert-OH is 2. The molecule has 4 atom stereocenters. The maximum Gasteiger partial charge on any atom is 0.303 e. The van der Waals surface area contributed by atoms with Crippen LogP contribution in [-0.4, -0.2) is 132 Å². The summed E-state index contributed by atoms with van der Waals surface area (Å²) in [7, 11) is 0. The summed E-state index contributed by atoms with van der Waals surface area (Å²) in [6, 6.07) is 0. The lowest BCUT2D eigenvalue weighted by molar-refractivity contribution is -0.150. The minimum absolute atomic E-state index is 0.0317. The third-order valence-corrected chi connectivity index (χ3v) is 15.5. The SMILES string of the molecule is CC(=O)OCC(=O)Nc1c(I)c(C(=O)Cl)c(I)c(C(=O)NCC(O)C2COC(C)(C)O2)c1I.CC(=O)OCC(=O)Nc1c(I)c(C(=O)Cl)c(I)c(C(=O)NCC2OC(C)(C)OC2CO)c1I. The van der Waals surface area contributed by atoms with Crippen LogP contribution in [0.5, 0.6) is 0 Å². The van der Waals surface area contributed by atoms with Gasteiger partial charge in [0.05, 0.1) is 67.2 Å². The minimum Gasteiger partial charge on any atom is -0.456 e. The van der Waals surface area contributed by atoms with Crippen LogP contribution in [-0.2, 0) is 47.6 Å². The van der Waals surface area contributed by atoms with Crippen LogP contribution >= 0.6 is 159 Å². The highest BCUT2D eigenvalue weighted by molar-refractivity contribution is 14.1. The Balaban J connectivity index is 0.000000350. The van der Waals surface area contributed by atoms with E-state index in [0.29, 0.717) is 17.9 Å². The lowest BCUT2D eigenvalue weighted by atomic mass is 10.1. The van der Waals surface area contributed by atoms with E-state index in [1.54, 1.807) is 27.7 Å². The third-order valence-electron chi connectivity index (χ3n) is 8.68. The van der Waals surface area contributed by atoms with E-state index in [0.717, 1.165) is 6.92 Å². The first-order valence-corrected chi connectivity index (χ1v) is 26.0. The van der Waals surface area contributed by atoms with Gasteiger partial charge in [0.2, 0.25) is 0 Å². The Morgan fingerprint density at radius 1 is 0.652 bits per heavy atom. The molecule has 6 N–H and O–H groups in total. The van der Waals surface area contributed by atoms with E-state index in [9.17, 15) is 48.6 Å². The number of carbonyl (C=O) groups is 8. The molecule has 2 aliphatic rings. The van der Waals surface area contributed by atoms with Gasteiger partial charge in [-0.3, -0.25) is 38.4 Å². The van der Waals surface area contributed by atoms with E-state index in [1.165, 1.54) is 6.92 Å². The molecule has 0 spiro atoms. The number of anilines is 2. The Kier molecular flexibility index (Phi) is 23.6. The molecule has 2 heterocycles. The third kappa shape index (κ3) is 16.4. The summed E-state index contributed by atoms with van der Waals surface area (Å²) in [6.45, 7) is 7.88. The number of ether oxygens (including phenoxy) is 6. The molecule has 4 rings (SSSR count). The maximum atomic E-state index is 13.1. The monoisotopic (exact) mass is 1640 g/mol. The van der Waals surface area contributed by atoms with E-state index in [2.05, 4.69) is 26.0 Å². The highest BCUT2D eigenvalue weighted by Gasteiger charge is 2.41. The number of rotatable bonds is 16. The van der Waals surface area contributed by atoms with Gasteiger partial charge >= 0.3 is 11.9 Å². The first-order valence-electron chi connectivity index (χ1n) is 18.7. The number of hydrogen-bond donors (Lipinski definition) is 6. The average molecular weight is 1640 g/mol. The van der Waals surface area contributed by atoms with Gasteiger partial charge < -0.3 is 59.9 Å². The van der Waals surface area contributed by atoms with Crippen molar-refractivity contribution in [3.05, 3.63) is 43.7 Å². The van der Waals surface area contributed by atoms with Crippen molar-refractivity contribution < 1.29 is 77.0 Å². The van der Waals surface area contributed by atoms with E-state index in [-0.39, 0.29) is 63.5 Å². The summed E-state index contributed by atoms with van der Waals surface area (Å²) in [6.07, 6.45) is -2.87. The van der Waals surface area contributed by atoms with Crippen molar-refractivity contribution in [2.45, 2.75) is 77.5 Å². The molecule has 0 saturated carbocycles. The molecular weight excluding hydrogens is 1600 g/mol. The highest BCUT2D eigenvalue weighted by atomic mass is 127. The van der Waals surface area contributed by atoms with Crippen LogP contribution in [0.4, 0.5) is 11.4 Å². The normalized spacial score (nSPS) is 18.5. The summed E-state index contributed by atoms with van der Waals surface area (Å²) in [5, 5.41) is 28.8. The van der Waals surface area contributed by atoms with Gasteiger partial charge in [-0.25, -0.2) is 0 Å². The maximum absolute atomic E-state index is 13.1. The second-order valence-electron chi connectivity index (χ2n) is 14.6. The highest BCUT2D eigenvalue weighted by Crippen LogP contribution is 2.38. The molecule has 28 heteroatoms. The van der Waals surface area contributed by atoms with Crippen molar-refractivity contribution in [2.24, 2.45) is 0 Å². The quantitative estimate of drug-likeness (QED) is 0.0712. The zero-order chi connectivity index (χ0) is 50.2. The van der Waals surface area contributed by atoms with Crippen LogP contribution in [0, 0.1) is 21.4 Å². The molecule has 2 aromatic carbocycles. The zero-order valence-corrected chi connectivity index (χ0v) is 49.6. The van der Waals surface area contributed by atoms with Gasteiger partial charge in [0.25, 0.3) is 34.1 Å². The number of carbonyl (C=O) groups excluding carboxylic acids is 8. The van der Waals surface area contributed by atoms with Gasteiger partial charge in [-0.15, -0.1) is 0 Å². The average Bonchev–Trinajstić information content (AvgIpc) is 3.73. The number of aliphatic hydroxyl groups is 2. The second kappa shape index (κ2) is 26.1. The van der Waals surface area contributed by atoms with Crippen molar-refractivity contribution in [3.63, 3.8) is 0 Å². The summed E-state index contributed by atoms with van der Waals surface area (Å²) >= 11 is 22.7. The number of benzene rings is 2. The molecule has 0 radical (unpaired) electrons. The predicted octanol–water partition coefficient (Wildman–Crippen LogP) is 5.25.